The fourth-order valence-corrected chi connectivity index (χ4v) is 1.29. The molecule has 1 N–H and O–H groups in total. The molecule has 0 spiro atoms. The van der Waals surface area contributed by atoms with E-state index in [1.54, 1.807) is 13.0 Å². The number of benzene rings is 1. The highest BCUT2D eigenvalue weighted by atomic mass is 19.1. The Morgan fingerprint density at radius 1 is 1.50 bits per heavy atom. The Bertz CT molecular complexity index is 297. The number of aliphatic hydroxyl groups is 1. The molecule has 78 valence electrons. The maximum Gasteiger partial charge on any atom is 0.126 e. The van der Waals surface area contributed by atoms with Gasteiger partial charge in [0.1, 0.15) is 11.6 Å². The van der Waals surface area contributed by atoms with Gasteiger partial charge in [0.2, 0.25) is 0 Å². The summed E-state index contributed by atoms with van der Waals surface area (Å²) in [6, 6.07) is 4.45. The van der Waals surface area contributed by atoms with Crippen LogP contribution in [0.4, 0.5) is 4.39 Å². The first-order valence-corrected chi connectivity index (χ1v) is 4.64. The first-order chi connectivity index (χ1) is 6.63. The van der Waals surface area contributed by atoms with E-state index in [-0.39, 0.29) is 11.9 Å². The fraction of sp³-hybridized carbons (Fsp3) is 0.455. The molecule has 1 aromatic rings. The SMILES string of the molecule is COc1cc(F)ccc1CCC(C)O. The largest absolute Gasteiger partial charge is 0.496 e. The van der Waals surface area contributed by atoms with Gasteiger partial charge in [-0.25, -0.2) is 4.39 Å². The van der Waals surface area contributed by atoms with Gasteiger partial charge in [-0.3, -0.25) is 0 Å². The molecule has 0 aromatic heterocycles. The van der Waals surface area contributed by atoms with Gasteiger partial charge in [0.25, 0.3) is 0 Å². The standard InChI is InChI=1S/C11H15FO2/c1-8(13)3-4-9-5-6-10(12)7-11(9)14-2/h5-8,13H,3-4H2,1-2H3. The first kappa shape index (κ1) is 11.0. The Labute approximate surface area is 83.3 Å². The summed E-state index contributed by atoms with van der Waals surface area (Å²) in [6.07, 6.45) is 1.01. The van der Waals surface area contributed by atoms with Crippen LogP contribution in [-0.4, -0.2) is 18.3 Å². The molecule has 0 saturated carbocycles. The lowest BCUT2D eigenvalue weighted by Crippen LogP contribution is -2.02. The first-order valence-electron chi connectivity index (χ1n) is 4.64. The predicted molar refractivity (Wildman–Crippen MR) is 53.0 cm³/mol. The van der Waals surface area contributed by atoms with Crippen molar-refractivity contribution in [2.45, 2.75) is 25.9 Å². The van der Waals surface area contributed by atoms with Crippen molar-refractivity contribution in [1.82, 2.24) is 0 Å². The van der Waals surface area contributed by atoms with E-state index in [2.05, 4.69) is 0 Å². The third kappa shape index (κ3) is 3.00. The smallest absolute Gasteiger partial charge is 0.126 e. The molecule has 0 fully saturated rings. The maximum atomic E-state index is 12.8. The van der Waals surface area contributed by atoms with Crippen molar-refractivity contribution in [3.8, 4) is 5.75 Å². The number of methoxy groups -OCH3 is 1. The van der Waals surface area contributed by atoms with Gasteiger partial charge in [-0.2, -0.15) is 0 Å². The van der Waals surface area contributed by atoms with Gasteiger partial charge in [-0.05, 0) is 31.4 Å². The number of rotatable bonds is 4. The van der Waals surface area contributed by atoms with Crippen LogP contribution < -0.4 is 4.74 Å². The number of ether oxygens (including phenoxy) is 1. The molecule has 0 amide bonds. The Morgan fingerprint density at radius 2 is 2.21 bits per heavy atom. The van der Waals surface area contributed by atoms with Crippen molar-refractivity contribution in [1.29, 1.82) is 0 Å². The molecule has 2 nitrogen and oxygen atoms in total. The fourth-order valence-electron chi connectivity index (χ4n) is 1.29. The van der Waals surface area contributed by atoms with Crippen molar-refractivity contribution in [3.63, 3.8) is 0 Å². The van der Waals surface area contributed by atoms with E-state index < -0.39 is 0 Å². The lowest BCUT2D eigenvalue weighted by molar-refractivity contribution is 0.184. The summed E-state index contributed by atoms with van der Waals surface area (Å²) < 4.78 is 17.8. The third-order valence-electron chi connectivity index (χ3n) is 2.08. The minimum atomic E-state index is -0.343. The average molecular weight is 198 g/mol. The molecule has 0 radical (unpaired) electrons. The highest BCUT2D eigenvalue weighted by molar-refractivity contribution is 5.34. The number of hydrogen-bond acceptors (Lipinski definition) is 2. The molecule has 0 aliphatic heterocycles. The molecule has 1 unspecified atom stereocenters. The monoisotopic (exact) mass is 198 g/mol. The van der Waals surface area contributed by atoms with Crippen LogP contribution in [0.1, 0.15) is 18.9 Å². The Morgan fingerprint density at radius 3 is 2.79 bits per heavy atom. The Balaban J connectivity index is 2.75. The molecule has 0 bridgehead atoms. The zero-order valence-electron chi connectivity index (χ0n) is 8.46. The molecular formula is C11H15FO2. The topological polar surface area (TPSA) is 29.5 Å². The van der Waals surface area contributed by atoms with Gasteiger partial charge in [0.05, 0.1) is 13.2 Å². The predicted octanol–water partition coefficient (Wildman–Crippen LogP) is 2.15. The van der Waals surface area contributed by atoms with Gasteiger partial charge in [-0.15, -0.1) is 0 Å². The second kappa shape index (κ2) is 4.96. The number of aryl methyl sites for hydroxylation is 1. The molecule has 14 heavy (non-hydrogen) atoms. The minimum absolute atomic E-state index is 0.303. The molecule has 0 aliphatic carbocycles. The molecule has 0 heterocycles. The third-order valence-corrected chi connectivity index (χ3v) is 2.08. The van der Waals surface area contributed by atoms with Crippen molar-refractivity contribution in [2.75, 3.05) is 7.11 Å². The van der Waals surface area contributed by atoms with Crippen LogP contribution in [0.3, 0.4) is 0 Å². The minimum Gasteiger partial charge on any atom is -0.496 e. The van der Waals surface area contributed by atoms with Gasteiger partial charge in [0.15, 0.2) is 0 Å². The second-order valence-corrected chi connectivity index (χ2v) is 3.34. The Hall–Kier alpha value is -1.09. The van der Waals surface area contributed by atoms with Crippen LogP contribution in [0.5, 0.6) is 5.75 Å². The van der Waals surface area contributed by atoms with E-state index in [1.807, 2.05) is 0 Å². The summed E-state index contributed by atoms with van der Waals surface area (Å²) in [4.78, 5) is 0. The van der Waals surface area contributed by atoms with Crippen molar-refractivity contribution >= 4 is 0 Å². The van der Waals surface area contributed by atoms with E-state index in [1.165, 1.54) is 19.2 Å². The van der Waals surface area contributed by atoms with Crippen LogP contribution in [-0.2, 0) is 6.42 Å². The van der Waals surface area contributed by atoms with Crippen molar-refractivity contribution in [2.24, 2.45) is 0 Å². The highest BCUT2D eigenvalue weighted by Crippen LogP contribution is 2.21. The molecule has 1 rings (SSSR count). The summed E-state index contributed by atoms with van der Waals surface area (Å²) in [5, 5.41) is 9.12. The second-order valence-electron chi connectivity index (χ2n) is 3.34. The lowest BCUT2D eigenvalue weighted by atomic mass is 10.1. The Kier molecular flexibility index (Phi) is 3.89. The van der Waals surface area contributed by atoms with Crippen LogP contribution in [0.25, 0.3) is 0 Å². The van der Waals surface area contributed by atoms with Crippen LogP contribution >= 0.6 is 0 Å². The van der Waals surface area contributed by atoms with Crippen molar-refractivity contribution < 1.29 is 14.2 Å². The summed E-state index contributed by atoms with van der Waals surface area (Å²) in [5.41, 5.74) is 0.926. The molecule has 3 heteroatoms. The van der Waals surface area contributed by atoms with Gasteiger partial charge >= 0.3 is 0 Å². The lowest BCUT2D eigenvalue weighted by Gasteiger charge is -2.09. The molecule has 0 saturated heterocycles. The number of hydrogen-bond donors (Lipinski definition) is 1. The molecule has 1 aromatic carbocycles. The average Bonchev–Trinajstić information content (AvgIpc) is 2.15. The summed E-state index contributed by atoms with van der Waals surface area (Å²) >= 11 is 0. The van der Waals surface area contributed by atoms with Gasteiger partial charge in [-0.1, -0.05) is 6.07 Å². The van der Waals surface area contributed by atoms with Gasteiger partial charge in [0, 0.05) is 6.07 Å². The quantitative estimate of drug-likeness (QED) is 0.803. The molecule has 0 aliphatic rings. The normalized spacial score (nSPS) is 12.6. The van der Waals surface area contributed by atoms with Gasteiger partial charge < -0.3 is 9.84 Å². The summed E-state index contributed by atoms with van der Waals surface area (Å²) in [7, 11) is 1.51. The van der Waals surface area contributed by atoms with E-state index in [4.69, 9.17) is 9.84 Å². The van der Waals surface area contributed by atoms with Crippen LogP contribution in [0, 0.1) is 5.82 Å². The highest BCUT2D eigenvalue weighted by Gasteiger charge is 2.05. The molecular weight excluding hydrogens is 183 g/mol. The van der Waals surface area contributed by atoms with E-state index >= 15 is 0 Å². The van der Waals surface area contributed by atoms with Crippen LogP contribution in [0.2, 0.25) is 0 Å². The number of halogens is 1. The zero-order valence-corrected chi connectivity index (χ0v) is 8.46. The summed E-state index contributed by atoms with van der Waals surface area (Å²) in [6.45, 7) is 1.73. The number of aliphatic hydroxyl groups excluding tert-OH is 1. The van der Waals surface area contributed by atoms with E-state index in [0.29, 0.717) is 18.6 Å². The summed E-state index contributed by atoms with van der Waals surface area (Å²) in [5.74, 6) is 0.244. The maximum absolute atomic E-state index is 12.8. The van der Waals surface area contributed by atoms with E-state index in [9.17, 15) is 4.39 Å². The van der Waals surface area contributed by atoms with Crippen molar-refractivity contribution in [3.05, 3.63) is 29.6 Å². The molecule has 1 atom stereocenters. The zero-order chi connectivity index (χ0) is 10.6. The van der Waals surface area contributed by atoms with E-state index in [0.717, 1.165) is 5.56 Å². The van der Waals surface area contributed by atoms with Crippen LogP contribution in [0.15, 0.2) is 18.2 Å².